The summed E-state index contributed by atoms with van der Waals surface area (Å²) in [4.78, 5) is 11.9. The molecule has 1 amide bonds. The number of aromatic hydroxyl groups is 1. The van der Waals surface area contributed by atoms with Gasteiger partial charge in [-0.05, 0) is 48.7 Å². The predicted molar refractivity (Wildman–Crippen MR) is 101 cm³/mol. The van der Waals surface area contributed by atoms with Crippen LogP contribution < -0.4 is 5.43 Å². The number of benzene rings is 2. The zero-order valence-corrected chi connectivity index (χ0v) is 14.8. The molecule has 1 heterocycles. The predicted octanol–water partition coefficient (Wildman–Crippen LogP) is 3.43. The molecule has 0 aliphatic heterocycles. The Labute approximate surface area is 155 Å². The van der Waals surface area contributed by atoms with E-state index in [9.17, 15) is 9.90 Å². The average Bonchev–Trinajstić information content (AvgIpc) is 3.06. The molecule has 0 saturated carbocycles. The third-order valence-corrected chi connectivity index (χ3v) is 4.12. The van der Waals surface area contributed by atoms with Crippen LogP contribution >= 0.6 is 11.6 Å². The number of hydrogen-bond donors (Lipinski definition) is 3. The minimum atomic E-state index is -0.433. The highest BCUT2D eigenvalue weighted by Crippen LogP contribution is 2.22. The fourth-order valence-corrected chi connectivity index (χ4v) is 2.63. The molecule has 3 N–H and O–H groups in total. The van der Waals surface area contributed by atoms with Gasteiger partial charge in [-0.3, -0.25) is 9.89 Å². The van der Waals surface area contributed by atoms with Crippen molar-refractivity contribution in [3.63, 3.8) is 0 Å². The minimum Gasteiger partial charge on any atom is -0.507 e. The molecule has 0 atom stereocenters. The lowest BCUT2D eigenvalue weighted by Crippen LogP contribution is -2.18. The van der Waals surface area contributed by atoms with Gasteiger partial charge in [0.05, 0.1) is 6.21 Å². The number of phenols is 1. The zero-order chi connectivity index (χ0) is 18.5. The van der Waals surface area contributed by atoms with E-state index in [1.165, 1.54) is 6.21 Å². The van der Waals surface area contributed by atoms with Crippen molar-refractivity contribution < 1.29 is 9.90 Å². The first-order valence-corrected chi connectivity index (χ1v) is 8.31. The van der Waals surface area contributed by atoms with Crippen LogP contribution in [0.4, 0.5) is 0 Å². The van der Waals surface area contributed by atoms with Crippen molar-refractivity contribution in [3.8, 4) is 5.75 Å². The summed E-state index contributed by atoms with van der Waals surface area (Å²) in [5, 5.41) is 21.1. The van der Waals surface area contributed by atoms with Crippen LogP contribution in [0, 0.1) is 6.92 Å². The number of halogens is 1. The summed E-state index contributed by atoms with van der Waals surface area (Å²) in [7, 11) is 0. The fraction of sp³-hybridized carbons (Fsp3) is 0.105. The van der Waals surface area contributed by atoms with Crippen LogP contribution in [0.1, 0.15) is 32.9 Å². The van der Waals surface area contributed by atoms with Gasteiger partial charge in [0.1, 0.15) is 5.75 Å². The van der Waals surface area contributed by atoms with E-state index >= 15 is 0 Å². The van der Waals surface area contributed by atoms with E-state index in [4.69, 9.17) is 11.6 Å². The molecule has 0 aliphatic rings. The first kappa shape index (κ1) is 17.7. The molecule has 0 radical (unpaired) electrons. The van der Waals surface area contributed by atoms with Crippen LogP contribution in [-0.4, -0.2) is 27.4 Å². The second kappa shape index (κ2) is 7.84. The van der Waals surface area contributed by atoms with E-state index in [0.717, 1.165) is 16.8 Å². The van der Waals surface area contributed by atoms with E-state index in [1.807, 2.05) is 30.3 Å². The zero-order valence-electron chi connectivity index (χ0n) is 14.0. The Bertz CT molecular complexity index is 966. The van der Waals surface area contributed by atoms with E-state index in [2.05, 4.69) is 20.7 Å². The number of nitrogens with one attached hydrogen (secondary N) is 2. The lowest BCUT2D eigenvalue weighted by molar-refractivity contribution is 0.0950. The number of nitrogens with zero attached hydrogens (tertiary/aromatic N) is 2. The van der Waals surface area contributed by atoms with Crippen molar-refractivity contribution in [1.82, 2.24) is 15.6 Å². The van der Waals surface area contributed by atoms with Crippen LogP contribution in [0.25, 0.3) is 0 Å². The van der Waals surface area contributed by atoms with Gasteiger partial charge in [0.15, 0.2) is 5.69 Å². The van der Waals surface area contributed by atoms with Crippen molar-refractivity contribution in [2.75, 3.05) is 0 Å². The first-order chi connectivity index (χ1) is 12.5. The monoisotopic (exact) mass is 368 g/mol. The maximum Gasteiger partial charge on any atom is 0.291 e. The smallest absolute Gasteiger partial charge is 0.291 e. The van der Waals surface area contributed by atoms with Gasteiger partial charge in [-0.25, -0.2) is 5.43 Å². The molecule has 6 nitrogen and oxygen atoms in total. The molecule has 26 heavy (non-hydrogen) atoms. The van der Waals surface area contributed by atoms with Gasteiger partial charge in [0, 0.05) is 16.3 Å². The third-order valence-electron chi connectivity index (χ3n) is 3.75. The number of carbonyl (C=O) groups is 1. The number of aromatic amines is 1. The number of amides is 1. The molecule has 0 spiro atoms. The van der Waals surface area contributed by atoms with Gasteiger partial charge in [-0.1, -0.05) is 35.9 Å². The molecule has 0 unspecified atom stereocenters. The normalized spacial score (nSPS) is 11.0. The number of carbonyl (C=O) groups excluding carboxylic acids is 1. The van der Waals surface area contributed by atoms with E-state index in [0.29, 0.717) is 17.0 Å². The second-order valence-electron chi connectivity index (χ2n) is 5.80. The molecule has 3 aromatic rings. The summed E-state index contributed by atoms with van der Waals surface area (Å²) in [6.07, 6.45) is 2.02. The van der Waals surface area contributed by atoms with Crippen LogP contribution in [0.15, 0.2) is 53.6 Å². The molecule has 132 valence electrons. The average molecular weight is 369 g/mol. The quantitative estimate of drug-likeness (QED) is 0.476. The standard InChI is InChI=1S/C19H17ClN4O2/c1-12-8-17(23-22-12)19(26)24-21-11-15-10-13(6-7-18(15)25)9-14-4-2-3-5-16(14)20/h2-8,10-11,25H,9H2,1H3,(H,22,23)(H,24,26)/b21-11-. The Hall–Kier alpha value is -3.12. The van der Waals surface area contributed by atoms with E-state index < -0.39 is 5.91 Å². The highest BCUT2D eigenvalue weighted by Gasteiger charge is 2.08. The molecular weight excluding hydrogens is 352 g/mol. The van der Waals surface area contributed by atoms with Crippen molar-refractivity contribution in [3.05, 3.63) is 81.6 Å². The number of H-pyrrole nitrogens is 1. The van der Waals surface area contributed by atoms with Crippen LogP contribution in [-0.2, 0) is 6.42 Å². The van der Waals surface area contributed by atoms with Gasteiger partial charge in [-0.2, -0.15) is 10.2 Å². The molecule has 0 bridgehead atoms. The minimum absolute atomic E-state index is 0.0709. The molecule has 7 heteroatoms. The fourth-order valence-electron chi connectivity index (χ4n) is 2.43. The Balaban J connectivity index is 1.71. The highest BCUT2D eigenvalue weighted by atomic mass is 35.5. The topological polar surface area (TPSA) is 90.4 Å². The second-order valence-corrected chi connectivity index (χ2v) is 6.20. The summed E-state index contributed by atoms with van der Waals surface area (Å²) in [6.45, 7) is 1.80. The van der Waals surface area contributed by atoms with Crippen LogP contribution in [0.2, 0.25) is 5.02 Å². The number of phenolic OH excluding ortho intramolecular Hbond substituents is 1. The van der Waals surface area contributed by atoms with Gasteiger partial charge in [0.2, 0.25) is 0 Å². The molecule has 0 fully saturated rings. The molecular formula is C19H17ClN4O2. The summed E-state index contributed by atoms with van der Waals surface area (Å²) in [5.41, 5.74) is 5.86. The number of aryl methyl sites for hydroxylation is 1. The number of rotatable bonds is 5. The largest absolute Gasteiger partial charge is 0.507 e. The van der Waals surface area contributed by atoms with E-state index in [1.54, 1.807) is 25.1 Å². The van der Waals surface area contributed by atoms with Gasteiger partial charge in [-0.15, -0.1) is 0 Å². The van der Waals surface area contributed by atoms with Gasteiger partial charge >= 0.3 is 0 Å². The van der Waals surface area contributed by atoms with Gasteiger partial charge < -0.3 is 5.11 Å². The summed E-state index contributed by atoms with van der Waals surface area (Å²) >= 11 is 6.19. The molecule has 3 rings (SSSR count). The Morgan fingerprint density at radius 2 is 2.12 bits per heavy atom. The summed E-state index contributed by atoms with van der Waals surface area (Å²) in [6, 6.07) is 14.4. The van der Waals surface area contributed by atoms with Crippen molar-refractivity contribution >= 4 is 23.7 Å². The Morgan fingerprint density at radius 3 is 2.85 bits per heavy atom. The number of hydrogen-bond acceptors (Lipinski definition) is 4. The van der Waals surface area contributed by atoms with Crippen LogP contribution in [0.3, 0.4) is 0 Å². The van der Waals surface area contributed by atoms with Crippen molar-refractivity contribution in [2.45, 2.75) is 13.3 Å². The lowest BCUT2D eigenvalue weighted by atomic mass is 10.0. The molecule has 1 aromatic heterocycles. The first-order valence-electron chi connectivity index (χ1n) is 7.93. The molecule has 2 aromatic carbocycles. The summed E-state index contributed by atoms with van der Waals surface area (Å²) < 4.78 is 0. The van der Waals surface area contributed by atoms with Crippen LogP contribution in [0.5, 0.6) is 5.75 Å². The van der Waals surface area contributed by atoms with Gasteiger partial charge in [0.25, 0.3) is 5.91 Å². The number of aromatic nitrogens is 2. The number of hydrazone groups is 1. The lowest BCUT2D eigenvalue weighted by Gasteiger charge is -2.06. The summed E-state index contributed by atoms with van der Waals surface area (Å²) in [5.74, 6) is -0.362. The molecule has 0 saturated heterocycles. The molecule has 0 aliphatic carbocycles. The Morgan fingerprint density at radius 1 is 1.31 bits per heavy atom. The SMILES string of the molecule is Cc1cc(C(=O)N/N=C\c2cc(Cc3ccccc3Cl)ccc2O)n[nH]1. The third kappa shape index (κ3) is 4.29. The van der Waals surface area contributed by atoms with E-state index in [-0.39, 0.29) is 11.4 Å². The maximum atomic E-state index is 11.9. The highest BCUT2D eigenvalue weighted by molar-refractivity contribution is 6.31. The van der Waals surface area contributed by atoms with Crippen molar-refractivity contribution in [1.29, 1.82) is 0 Å². The van der Waals surface area contributed by atoms with Crippen molar-refractivity contribution in [2.24, 2.45) is 5.10 Å². The Kier molecular flexibility index (Phi) is 5.34. The maximum absolute atomic E-state index is 11.9.